The van der Waals surface area contributed by atoms with E-state index in [0.717, 1.165) is 0 Å². The predicted octanol–water partition coefficient (Wildman–Crippen LogP) is 3.23. The molecule has 0 aromatic heterocycles. The summed E-state index contributed by atoms with van der Waals surface area (Å²) in [4.78, 5) is 53.0. The maximum atomic E-state index is 13.2. The van der Waals surface area contributed by atoms with E-state index in [4.69, 9.17) is 18.9 Å². The minimum Gasteiger partial charge on any atom is -0.465 e. The molecule has 0 saturated carbocycles. The monoisotopic (exact) mass is 488 g/mol. The summed E-state index contributed by atoms with van der Waals surface area (Å²) in [5.74, 6) is 6.56. The second kappa shape index (κ2) is 14.2. The first-order valence-corrected chi connectivity index (χ1v) is 11.9. The van der Waals surface area contributed by atoms with Crippen LogP contribution >= 0.6 is 0 Å². The van der Waals surface area contributed by atoms with E-state index in [1.807, 2.05) is 0 Å². The lowest BCUT2D eigenvalue weighted by Gasteiger charge is -2.36. The standard InChI is InChI=1S/C27H36O8/c1-7-13-17-26(22(28)32-9-3,23(29)33-10-4)20-15-16-21(19-20)27(18-14-8-2,24(30)34-11-5)25(31)35-12-6/h15-16,20-21H,9-12,17-19H2,1-6H3/t20-,21+. The topological polar surface area (TPSA) is 105 Å². The molecule has 0 amide bonds. The first-order chi connectivity index (χ1) is 16.8. The summed E-state index contributed by atoms with van der Waals surface area (Å²) in [5.41, 5.74) is -3.52. The lowest BCUT2D eigenvalue weighted by Crippen LogP contribution is -2.50. The molecule has 1 rings (SSSR count). The molecule has 0 saturated heterocycles. The van der Waals surface area contributed by atoms with Crippen LogP contribution in [0.5, 0.6) is 0 Å². The van der Waals surface area contributed by atoms with E-state index < -0.39 is 46.5 Å². The zero-order valence-electron chi connectivity index (χ0n) is 21.5. The summed E-state index contributed by atoms with van der Waals surface area (Å²) in [6.07, 6.45) is 3.13. The Morgan fingerprint density at radius 2 is 0.943 bits per heavy atom. The lowest BCUT2D eigenvalue weighted by atomic mass is 9.67. The zero-order chi connectivity index (χ0) is 26.5. The average Bonchev–Trinajstić information content (AvgIpc) is 3.31. The van der Waals surface area contributed by atoms with Crippen LogP contribution in [0.2, 0.25) is 0 Å². The van der Waals surface area contributed by atoms with E-state index in [9.17, 15) is 19.2 Å². The van der Waals surface area contributed by atoms with Gasteiger partial charge < -0.3 is 18.9 Å². The molecule has 35 heavy (non-hydrogen) atoms. The van der Waals surface area contributed by atoms with Crippen LogP contribution in [0.3, 0.4) is 0 Å². The van der Waals surface area contributed by atoms with Gasteiger partial charge in [0.1, 0.15) is 0 Å². The van der Waals surface area contributed by atoms with Gasteiger partial charge in [0.05, 0.1) is 26.4 Å². The fourth-order valence-corrected chi connectivity index (χ4v) is 4.25. The smallest absolute Gasteiger partial charge is 0.325 e. The van der Waals surface area contributed by atoms with E-state index in [-0.39, 0.29) is 45.7 Å². The van der Waals surface area contributed by atoms with Crippen LogP contribution in [0.4, 0.5) is 0 Å². The van der Waals surface area contributed by atoms with Gasteiger partial charge in [-0.05, 0) is 48.0 Å². The van der Waals surface area contributed by atoms with Crippen molar-refractivity contribution in [2.75, 3.05) is 26.4 Å². The molecule has 0 N–H and O–H groups in total. The van der Waals surface area contributed by atoms with Gasteiger partial charge in [0.25, 0.3) is 0 Å². The number of rotatable bonds is 12. The van der Waals surface area contributed by atoms with Gasteiger partial charge in [0.2, 0.25) is 0 Å². The van der Waals surface area contributed by atoms with Crippen molar-refractivity contribution in [3.63, 3.8) is 0 Å². The first kappa shape index (κ1) is 29.8. The quantitative estimate of drug-likeness (QED) is 0.136. The molecule has 8 heteroatoms. The third-order valence-corrected chi connectivity index (χ3v) is 6.00. The largest absolute Gasteiger partial charge is 0.465 e. The zero-order valence-corrected chi connectivity index (χ0v) is 21.5. The van der Waals surface area contributed by atoms with Gasteiger partial charge in [-0.15, -0.1) is 23.7 Å². The van der Waals surface area contributed by atoms with Crippen LogP contribution in [-0.4, -0.2) is 50.3 Å². The fraction of sp³-hybridized carbons (Fsp3) is 0.630. The summed E-state index contributed by atoms with van der Waals surface area (Å²) in [7, 11) is 0. The third-order valence-electron chi connectivity index (χ3n) is 6.00. The van der Waals surface area contributed by atoms with Gasteiger partial charge in [-0.25, -0.2) is 0 Å². The summed E-state index contributed by atoms with van der Waals surface area (Å²) in [6, 6.07) is 0. The Hall–Kier alpha value is -3.26. The van der Waals surface area contributed by atoms with E-state index in [2.05, 4.69) is 23.7 Å². The number of ether oxygens (including phenoxy) is 4. The summed E-state index contributed by atoms with van der Waals surface area (Å²) < 4.78 is 21.2. The summed E-state index contributed by atoms with van der Waals surface area (Å²) >= 11 is 0. The minimum atomic E-state index is -1.76. The van der Waals surface area contributed by atoms with Crippen molar-refractivity contribution >= 4 is 23.9 Å². The van der Waals surface area contributed by atoms with Crippen molar-refractivity contribution in [3.8, 4) is 23.7 Å². The molecular weight excluding hydrogens is 452 g/mol. The summed E-state index contributed by atoms with van der Waals surface area (Å²) in [6.45, 7) is 10.00. The highest BCUT2D eigenvalue weighted by atomic mass is 16.6. The second-order valence-corrected chi connectivity index (χ2v) is 7.87. The highest BCUT2D eigenvalue weighted by molar-refractivity contribution is 6.02. The van der Waals surface area contributed by atoms with E-state index in [1.165, 1.54) is 0 Å². The molecule has 0 heterocycles. The third kappa shape index (κ3) is 6.25. The Morgan fingerprint density at radius 1 is 0.657 bits per heavy atom. The van der Waals surface area contributed by atoms with Crippen LogP contribution < -0.4 is 0 Å². The SMILES string of the molecule is CC#CCC(C(=O)OCC)(C(=O)OCC)[C@@H]1C=C[C@H](C(CC#CC)(C(=O)OCC)C(=O)OCC)C1. The van der Waals surface area contributed by atoms with Crippen molar-refractivity contribution < 1.29 is 38.1 Å². The van der Waals surface area contributed by atoms with Crippen molar-refractivity contribution in [1.29, 1.82) is 0 Å². The van der Waals surface area contributed by atoms with E-state index in [0.29, 0.717) is 0 Å². The first-order valence-electron chi connectivity index (χ1n) is 11.9. The van der Waals surface area contributed by atoms with Crippen LogP contribution in [0.25, 0.3) is 0 Å². The Bertz CT molecular complexity index is 814. The van der Waals surface area contributed by atoms with Crippen molar-refractivity contribution in [2.24, 2.45) is 22.7 Å². The number of hydrogen-bond donors (Lipinski definition) is 0. The molecule has 1 aliphatic rings. The molecule has 0 unspecified atom stereocenters. The molecule has 2 atom stereocenters. The Kier molecular flexibility index (Phi) is 12.1. The van der Waals surface area contributed by atoms with Gasteiger partial charge in [-0.1, -0.05) is 12.2 Å². The normalized spacial score (nSPS) is 16.7. The van der Waals surface area contributed by atoms with Gasteiger partial charge in [-0.2, -0.15) is 0 Å². The van der Waals surface area contributed by atoms with Crippen molar-refractivity contribution in [3.05, 3.63) is 12.2 Å². The Labute approximate surface area is 208 Å². The Morgan fingerprint density at radius 3 is 1.17 bits per heavy atom. The van der Waals surface area contributed by atoms with Crippen molar-refractivity contribution in [1.82, 2.24) is 0 Å². The molecule has 192 valence electrons. The van der Waals surface area contributed by atoms with E-state index >= 15 is 0 Å². The lowest BCUT2D eigenvalue weighted by molar-refractivity contribution is -0.176. The molecule has 8 nitrogen and oxygen atoms in total. The number of carbonyl (C=O) groups excluding carboxylic acids is 4. The average molecular weight is 489 g/mol. The van der Waals surface area contributed by atoms with Gasteiger partial charge in [0.15, 0.2) is 10.8 Å². The van der Waals surface area contributed by atoms with Gasteiger partial charge >= 0.3 is 23.9 Å². The number of allylic oxidation sites excluding steroid dienone is 2. The number of esters is 4. The van der Waals surface area contributed by atoms with Gasteiger partial charge in [0, 0.05) is 24.7 Å². The minimum absolute atomic E-state index is 0.0566. The van der Waals surface area contributed by atoms with Crippen molar-refractivity contribution in [2.45, 2.75) is 60.8 Å². The van der Waals surface area contributed by atoms with Crippen LogP contribution in [-0.2, 0) is 38.1 Å². The molecule has 0 fully saturated rings. The molecule has 0 aromatic carbocycles. The Balaban J connectivity index is 3.66. The predicted molar refractivity (Wildman–Crippen MR) is 128 cm³/mol. The maximum Gasteiger partial charge on any atom is 0.325 e. The molecule has 1 aliphatic carbocycles. The second-order valence-electron chi connectivity index (χ2n) is 7.87. The van der Waals surface area contributed by atoms with Gasteiger partial charge in [-0.3, -0.25) is 19.2 Å². The molecular formula is C27H36O8. The number of hydrogen-bond acceptors (Lipinski definition) is 8. The highest BCUT2D eigenvalue weighted by Crippen LogP contribution is 2.49. The molecule has 0 bridgehead atoms. The van der Waals surface area contributed by atoms with Crippen LogP contribution in [0.1, 0.15) is 60.8 Å². The van der Waals surface area contributed by atoms with Crippen LogP contribution in [0.15, 0.2) is 12.2 Å². The molecule has 0 aromatic rings. The molecule has 0 spiro atoms. The maximum absolute atomic E-state index is 13.2. The number of carbonyl (C=O) groups is 4. The highest BCUT2D eigenvalue weighted by Gasteiger charge is 2.60. The van der Waals surface area contributed by atoms with E-state index in [1.54, 1.807) is 53.7 Å². The fourth-order valence-electron chi connectivity index (χ4n) is 4.25. The van der Waals surface area contributed by atoms with Crippen LogP contribution in [0, 0.1) is 46.3 Å². The molecule has 0 aliphatic heterocycles. The molecule has 0 radical (unpaired) electrons. The summed E-state index contributed by atoms with van der Waals surface area (Å²) in [5, 5.41) is 0.